The van der Waals surface area contributed by atoms with Crippen molar-refractivity contribution in [1.82, 2.24) is 9.97 Å². The standard InChI is InChI=1S/C9H7N3O/c1-6-2-3-8(13-6)9-11-5-7(4-10)12-9/h2-3,5H,1H3,(H,11,12). The second-order valence-corrected chi connectivity index (χ2v) is 2.67. The number of H-pyrrole nitrogens is 1. The number of hydrogen-bond donors (Lipinski definition) is 1. The zero-order valence-electron chi connectivity index (χ0n) is 7.03. The third kappa shape index (κ3) is 1.32. The van der Waals surface area contributed by atoms with Crippen LogP contribution >= 0.6 is 0 Å². The second kappa shape index (κ2) is 2.79. The molecule has 64 valence electrons. The van der Waals surface area contributed by atoms with Gasteiger partial charge in [-0.2, -0.15) is 5.26 Å². The molecular weight excluding hydrogens is 166 g/mol. The smallest absolute Gasteiger partial charge is 0.174 e. The van der Waals surface area contributed by atoms with Crippen LogP contribution in [0.4, 0.5) is 0 Å². The Kier molecular flexibility index (Phi) is 1.64. The number of nitrogens with one attached hydrogen (secondary N) is 1. The number of rotatable bonds is 1. The number of hydrogen-bond acceptors (Lipinski definition) is 3. The van der Waals surface area contributed by atoms with E-state index in [1.165, 1.54) is 6.20 Å². The first-order valence-corrected chi connectivity index (χ1v) is 3.81. The zero-order chi connectivity index (χ0) is 9.26. The fourth-order valence-electron chi connectivity index (χ4n) is 1.07. The highest BCUT2D eigenvalue weighted by atomic mass is 16.3. The first-order valence-electron chi connectivity index (χ1n) is 3.81. The highest BCUT2D eigenvalue weighted by molar-refractivity contribution is 5.48. The van der Waals surface area contributed by atoms with Crippen LogP contribution in [0.3, 0.4) is 0 Å². The van der Waals surface area contributed by atoms with E-state index in [9.17, 15) is 0 Å². The molecule has 0 aliphatic rings. The summed E-state index contributed by atoms with van der Waals surface area (Å²) in [6, 6.07) is 5.63. The van der Waals surface area contributed by atoms with E-state index in [-0.39, 0.29) is 0 Å². The molecule has 0 aliphatic carbocycles. The molecule has 0 saturated heterocycles. The highest BCUT2D eigenvalue weighted by Gasteiger charge is 2.06. The first kappa shape index (κ1) is 7.62. The minimum atomic E-state index is 0.434. The Labute approximate surface area is 74.8 Å². The summed E-state index contributed by atoms with van der Waals surface area (Å²) >= 11 is 0. The van der Waals surface area contributed by atoms with E-state index < -0.39 is 0 Å². The summed E-state index contributed by atoms with van der Waals surface area (Å²) in [4.78, 5) is 6.83. The van der Waals surface area contributed by atoms with Gasteiger partial charge in [-0.25, -0.2) is 4.98 Å². The Hall–Kier alpha value is -2.02. The molecule has 0 unspecified atom stereocenters. The number of aromatic amines is 1. The summed E-state index contributed by atoms with van der Waals surface area (Å²) in [6.07, 6.45) is 1.48. The van der Waals surface area contributed by atoms with Crippen LogP contribution in [-0.4, -0.2) is 9.97 Å². The summed E-state index contributed by atoms with van der Waals surface area (Å²) < 4.78 is 5.32. The molecule has 0 fully saturated rings. The van der Waals surface area contributed by atoms with Gasteiger partial charge < -0.3 is 9.40 Å². The molecule has 2 aromatic rings. The van der Waals surface area contributed by atoms with Gasteiger partial charge in [-0.05, 0) is 19.1 Å². The second-order valence-electron chi connectivity index (χ2n) is 2.67. The van der Waals surface area contributed by atoms with Crippen LogP contribution in [-0.2, 0) is 0 Å². The Bertz CT molecular complexity index is 461. The number of nitriles is 1. The molecule has 0 radical (unpaired) electrons. The third-order valence-electron chi connectivity index (χ3n) is 1.67. The zero-order valence-corrected chi connectivity index (χ0v) is 7.03. The molecule has 13 heavy (non-hydrogen) atoms. The van der Waals surface area contributed by atoms with E-state index in [2.05, 4.69) is 9.97 Å². The number of aromatic nitrogens is 2. The minimum Gasteiger partial charge on any atom is -0.458 e. The number of furan rings is 1. The van der Waals surface area contributed by atoms with Crippen molar-refractivity contribution in [2.45, 2.75) is 6.92 Å². The van der Waals surface area contributed by atoms with Crippen molar-refractivity contribution in [3.63, 3.8) is 0 Å². The summed E-state index contributed by atoms with van der Waals surface area (Å²) in [5.74, 6) is 2.06. The van der Waals surface area contributed by atoms with Crippen molar-refractivity contribution >= 4 is 0 Å². The van der Waals surface area contributed by atoms with E-state index in [4.69, 9.17) is 9.68 Å². The van der Waals surface area contributed by atoms with Gasteiger partial charge in [0.25, 0.3) is 0 Å². The lowest BCUT2D eigenvalue weighted by molar-refractivity contribution is 0.545. The summed E-state index contributed by atoms with van der Waals surface area (Å²) in [5.41, 5.74) is 0.434. The predicted molar refractivity (Wildman–Crippen MR) is 45.7 cm³/mol. The predicted octanol–water partition coefficient (Wildman–Crippen LogP) is 1.85. The number of aryl methyl sites for hydroxylation is 1. The Morgan fingerprint density at radius 3 is 2.92 bits per heavy atom. The molecule has 0 saturated carbocycles. The highest BCUT2D eigenvalue weighted by Crippen LogP contribution is 2.17. The van der Waals surface area contributed by atoms with Crippen molar-refractivity contribution in [2.75, 3.05) is 0 Å². The van der Waals surface area contributed by atoms with Gasteiger partial charge in [-0.15, -0.1) is 0 Å². The Morgan fingerprint density at radius 1 is 1.54 bits per heavy atom. The molecule has 4 nitrogen and oxygen atoms in total. The molecular formula is C9H7N3O. The topological polar surface area (TPSA) is 65.6 Å². The third-order valence-corrected chi connectivity index (χ3v) is 1.67. The van der Waals surface area contributed by atoms with E-state index in [0.29, 0.717) is 17.3 Å². The van der Waals surface area contributed by atoms with Crippen molar-refractivity contribution in [3.8, 4) is 17.7 Å². The summed E-state index contributed by atoms with van der Waals surface area (Å²) in [5, 5.41) is 8.55. The van der Waals surface area contributed by atoms with Gasteiger partial charge in [-0.1, -0.05) is 0 Å². The molecule has 2 heterocycles. The number of nitrogens with zero attached hydrogens (tertiary/aromatic N) is 2. The van der Waals surface area contributed by atoms with Crippen LogP contribution in [0.1, 0.15) is 11.5 Å². The molecule has 0 aliphatic heterocycles. The summed E-state index contributed by atoms with van der Waals surface area (Å²) in [7, 11) is 0. The van der Waals surface area contributed by atoms with Gasteiger partial charge >= 0.3 is 0 Å². The lowest BCUT2D eigenvalue weighted by Crippen LogP contribution is -1.76. The van der Waals surface area contributed by atoms with E-state index >= 15 is 0 Å². The molecule has 0 amide bonds. The fourth-order valence-corrected chi connectivity index (χ4v) is 1.07. The average molecular weight is 173 g/mol. The Balaban J connectivity index is 2.42. The van der Waals surface area contributed by atoms with Gasteiger partial charge in [-0.3, -0.25) is 0 Å². The maximum atomic E-state index is 8.55. The molecule has 0 bridgehead atoms. The van der Waals surface area contributed by atoms with Gasteiger partial charge in [0.05, 0.1) is 6.20 Å². The number of imidazole rings is 1. The van der Waals surface area contributed by atoms with Gasteiger partial charge in [0.2, 0.25) is 0 Å². The van der Waals surface area contributed by atoms with Gasteiger partial charge in [0.1, 0.15) is 17.5 Å². The van der Waals surface area contributed by atoms with Gasteiger partial charge in [0.15, 0.2) is 11.6 Å². The van der Waals surface area contributed by atoms with Crippen molar-refractivity contribution in [3.05, 3.63) is 29.8 Å². The van der Waals surface area contributed by atoms with Crippen LogP contribution in [0.2, 0.25) is 0 Å². The molecule has 0 atom stereocenters. The van der Waals surface area contributed by atoms with E-state index in [1.54, 1.807) is 0 Å². The lowest BCUT2D eigenvalue weighted by atomic mass is 10.4. The lowest BCUT2D eigenvalue weighted by Gasteiger charge is -1.87. The maximum absolute atomic E-state index is 8.55. The van der Waals surface area contributed by atoms with Crippen LogP contribution in [0.25, 0.3) is 11.6 Å². The first-order chi connectivity index (χ1) is 6.29. The molecule has 0 aromatic carbocycles. The molecule has 2 rings (SSSR count). The maximum Gasteiger partial charge on any atom is 0.174 e. The van der Waals surface area contributed by atoms with Crippen LogP contribution in [0, 0.1) is 18.3 Å². The van der Waals surface area contributed by atoms with Crippen molar-refractivity contribution < 1.29 is 4.42 Å². The fraction of sp³-hybridized carbons (Fsp3) is 0.111. The largest absolute Gasteiger partial charge is 0.458 e. The van der Waals surface area contributed by atoms with E-state index in [1.807, 2.05) is 25.1 Å². The van der Waals surface area contributed by atoms with Crippen LogP contribution < -0.4 is 0 Å². The normalized spacial score (nSPS) is 9.85. The quantitative estimate of drug-likeness (QED) is 0.715. The van der Waals surface area contributed by atoms with Gasteiger partial charge in [0, 0.05) is 0 Å². The Morgan fingerprint density at radius 2 is 2.38 bits per heavy atom. The summed E-state index contributed by atoms with van der Waals surface area (Å²) in [6.45, 7) is 1.86. The molecule has 0 spiro atoms. The monoisotopic (exact) mass is 173 g/mol. The van der Waals surface area contributed by atoms with Crippen molar-refractivity contribution in [2.24, 2.45) is 0 Å². The van der Waals surface area contributed by atoms with E-state index in [0.717, 1.165) is 5.76 Å². The van der Waals surface area contributed by atoms with Crippen molar-refractivity contribution in [1.29, 1.82) is 5.26 Å². The average Bonchev–Trinajstić information content (AvgIpc) is 2.71. The minimum absolute atomic E-state index is 0.434. The van der Waals surface area contributed by atoms with Crippen LogP contribution in [0.15, 0.2) is 22.7 Å². The molecule has 1 N–H and O–H groups in total. The SMILES string of the molecule is Cc1ccc(-c2ncc(C#N)[nH]2)o1. The molecule has 4 heteroatoms. The van der Waals surface area contributed by atoms with Crippen LogP contribution in [0.5, 0.6) is 0 Å². The molecule has 2 aromatic heterocycles.